The Morgan fingerprint density at radius 3 is 2.50 bits per heavy atom. The van der Waals surface area contributed by atoms with Gasteiger partial charge >= 0.3 is 6.18 Å². The van der Waals surface area contributed by atoms with E-state index in [9.17, 15) is 18.0 Å². The SMILES string of the molecule is Cc1ccc(NCC(=O)NCC(C)C)cc1C(F)(F)F. The predicted molar refractivity (Wildman–Crippen MR) is 72.5 cm³/mol. The van der Waals surface area contributed by atoms with Gasteiger partial charge in [0.15, 0.2) is 0 Å². The molecular weight excluding hydrogens is 269 g/mol. The summed E-state index contributed by atoms with van der Waals surface area (Å²) in [4.78, 5) is 11.5. The van der Waals surface area contributed by atoms with Crippen LogP contribution in [0.1, 0.15) is 25.0 Å². The predicted octanol–water partition coefficient (Wildman–Crippen LogP) is 3.20. The molecule has 6 heteroatoms. The maximum Gasteiger partial charge on any atom is 0.416 e. The molecule has 0 radical (unpaired) electrons. The van der Waals surface area contributed by atoms with E-state index in [1.165, 1.54) is 19.1 Å². The van der Waals surface area contributed by atoms with Gasteiger partial charge in [-0.25, -0.2) is 0 Å². The lowest BCUT2D eigenvalue weighted by Gasteiger charge is -2.13. The number of alkyl halides is 3. The molecule has 0 aliphatic carbocycles. The maximum absolute atomic E-state index is 12.7. The Balaban J connectivity index is 2.63. The number of rotatable bonds is 5. The number of amides is 1. The van der Waals surface area contributed by atoms with Crippen LogP contribution in [0.25, 0.3) is 0 Å². The molecule has 0 aliphatic heterocycles. The van der Waals surface area contributed by atoms with Gasteiger partial charge in [-0.3, -0.25) is 4.79 Å². The molecule has 0 fully saturated rings. The van der Waals surface area contributed by atoms with E-state index in [1.807, 2.05) is 13.8 Å². The first-order chi connectivity index (χ1) is 9.20. The van der Waals surface area contributed by atoms with Gasteiger partial charge in [0, 0.05) is 12.2 Å². The Labute approximate surface area is 116 Å². The highest BCUT2D eigenvalue weighted by Gasteiger charge is 2.32. The van der Waals surface area contributed by atoms with Crippen LogP contribution >= 0.6 is 0 Å². The zero-order valence-corrected chi connectivity index (χ0v) is 11.8. The van der Waals surface area contributed by atoms with Crippen molar-refractivity contribution in [3.8, 4) is 0 Å². The number of carbonyl (C=O) groups is 1. The average molecular weight is 288 g/mol. The fourth-order valence-corrected chi connectivity index (χ4v) is 1.60. The van der Waals surface area contributed by atoms with Crippen LogP contribution in [-0.2, 0) is 11.0 Å². The van der Waals surface area contributed by atoms with Crippen LogP contribution in [-0.4, -0.2) is 19.0 Å². The summed E-state index contributed by atoms with van der Waals surface area (Å²) in [6, 6.07) is 3.93. The zero-order chi connectivity index (χ0) is 15.3. The lowest BCUT2D eigenvalue weighted by atomic mass is 10.1. The second kappa shape index (κ2) is 6.63. The van der Waals surface area contributed by atoms with Gasteiger partial charge in [-0.15, -0.1) is 0 Å². The van der Waals surface area contributed by atoms with Crippen LogP contribution in [0, 0.1) is 12.8 Å². The van der Waals surface area contributed by atoms with Crippen molar-refractivity contribution >= 4 is 11.6 Å². The Hall–Kier alpha value is -1.72. The van der Waals surface area contributed by atoms with E-state index in [4.69, 9.17) is 0 Å². The van der Waals surface area contributed by atoms with Gasteiger partial charge in [0.25, 0.3) is 0 Å². The molecule has 1 rings (SSSR count). The van der Waals surface area contributed by atoms with Crippen molar-refractivity contribution in [2.24, 2.45) is 5.92 Å². The van der Waals surface area contributed by atoms with Crippen LogP contribution in [0.4, 0.5) is 18.9 Å². The summed E-state index contributed by atoms with van der Waals surface area (Å²) in [5.41, 5.74) is -0.250. The molecule has 0 bridgehead atoms. The molecule has 112 valence electrons. The van der Waals surface area contributed by atoms with E-state index in [2.05, 4.69) is 10.6 Å². The minimum atomic E-state index is -4.39. The Kier molecular flexibility index (Phi) is 5.42. The standard InChI is InChI=1S/C14H19F3N2O/c1-9(2)7-19-13(20)8-18-11-5-4-10(3)12(6-11)14(15,16)17/h4-6,9,18H,7-8H2,1-3H3,(H,19,20). The molecular formula is C14H19F3N2O. The second-order valence-corrected chi connectivity index (χ2v) is 5.08. The minimum Gasteiger partial charge on any atom is -0.376 e. The summed E-state index contributed by atoms with van der Waals surface area (Å²) in [5.74, 6) is 0.0861. The van der Waals surface area contributed by atoms with Crippen molar-refractivity contribution in [1.82, 2.24) is 5.32 Å². The van der Waals surface area contributed by atoms with Crippen molar-refractivity contribution < 1.29 is 18.0 Å². The number of carbonyl (C=O) groups excluding carboxylic acids is 1. The summed E-state index contributed by atoms with van der Waals surface area (Å²) in [6.45, 7) is 5.82. The molecule has 0 aliphatic rings. The van der Waals surface area contributed by atoms with E-state index >= 15 is 0 Å². The lowest BCUT2D eigenvalue weighted by Crippen LogP contribution is -2.32. The summed E-state index contributed by atoms with van der Waals surface area (Å²) < 4.78 is 38.2. The Morgan fingerprint density at radius 1 is 1.30 bits per heavy atom. The fraction of sp³-hybridized carbons (Fsp3) is 0.500. The third-order valence-corrected chi connectivity index (χ3v) is 2.70. The highest BCUT2D eigenvalue weighted by Crippen LogP contribution is 2.33. The fourth-order valence-electron chi connectivity index (χ4n) is 1.60. The van der Waals surface area contributed by atoms with Gasteiger partial charge in [-0.2, -0.15) is 13.2 Å². The Bertz CT molecular complexity index is 470. The topological polar surface area (TPSA) is 41.1 Å². The molecule has 3 nitrogen and oxygen atoms in total. The van der Waals surface area contributed by atoms with Crippen molar-refractivity contribution in [3.05, 3.63) is 29.3 Å². The van der Waals surface area contributed by atoms with E-state index in [0.717, 1.165) is 6.07 Å². The van der Waals surface area contributed by atoms with Crippen molar-refractivity contribution in [3.63, 3.8) is 0 Å². The molecule has 0 saturated heterocycles. The second-order valence-electron chi connectivity index (χ2n) is 5.08. The number of nitrogens with one attached hydrogen (secondary N) is 2. The molecule has 0 atom stereocenters. The van der Waals surface area contributed by atoms with Gasteiger partial charge in [-0.1, -0.05) is 19.9 Å². The quantitative estimate of drug-likeness (QED) is 0.873. The van der Waals surface area contributed by atoms with Gasteiger partial charge in [0.1, 0.15) is 0 Å². The van der Waals surface area contributed by atoms with Gasteiger partial charge in [0.05, 0.1) is 12.1 Å². The van der Waals surface area contributed by atoms with Crippen molar-refractivity contribution in [2.45, 2.75) is 26.9 Å². The monoisotopic (exact) mass is 288 g/mol. The molecule has 2 N–H and O–H groups in total. The third kappa shape index (κ3) is 5.11. The summed E-state index contributed by atoms with van der Waals surface area (Å²) in [5, 5.41) is 5.38. The minimum absolute atomic E-state index is 0.0485. The first-order valence-corrected chi connectivity index (χ1v) is 6.38. The van der Waals surface area contributed by atoms with Gasteiger partial charge in [-0.05, 0) is 30.5 Å². The third-order valence-electron chi connectivity index (χ3n) is 2.70. The largest absolute Gasteiger partial charge is 0.416 e. The zero-order valence-electron chi connectivity index (χ0n) is 11.8. The Morgan fingerprint density at radius 2 is 1.95 bits per heavy atom. The molecule has 0 spiro atoms. The highest BCUT2D eigenvalue weighted by atomic mass is 19.4. The van der Waals surface area contributed by atoms with Crippen LogP contribution in [0.3, 0.4) is 0 Å². The number of halogens is 3. The van der Waals surface area contributed by atoms with Crippen molar-refractivity contribution in [1.29, 1.82) is 0 Å². The van der Waals surface area contributed by atoms with Crippen molar-refractivity contribution in [2.75, 3.05) is 18.4 Å². The molecule has 0 heterocycles. The molecule has 1 amide bonds. The summed E-state index contributed by atoms with van der Waals surface area (Å²) in [6.07, 6.45) is -4.39. The van der Waals surface area contributed by atoms with Crippen LogP contribution in [0.15, 0.2) is 18.2 Å². The molecule has 0 saturated carbocycles. The number of aryl methyl sites for hydroxylation is 1. The molecule has 0 unspecified atom stereocenters. The number of hydrogen-bond acceptors (Lipinski definition) is 2. The van der Waals surface area contributed by atoms with E-state index in [0.29, 0.717) is 12.5 Å². The number of benzene rings is 1. The average Bonchev–Trinajstić information content (AvgIpc) is 2.33. The first kappa shape index (κ1) is 16.3. The highest BCUT2D eigenvalue weighted by molar-refractivity contribution is 5.80. The van der Waals surface area contributed by atoms with Gasteiger partial charge in [0.2, 0.25) is 5.91 Å². The number of anilines is 1. The van der Waals surface area contributed by atoms with E-state index in [-0.39, 0.29) is 23.7 Å². The molecule has 1 aromatic carbocycles. The van der Waals surface area contributed by atoms with Crippen LogP contribution in [0.5, 0.6) is 0 Å². The molecule has 20 heavy (non-hydrogen) atoms. The molecule has 1 aromatic rings. The number of hydrogen-bond donors (Lipinski definition) is 2. The van der Waals surface area contributed by atoms with Crippen LogP contribution < -0.4 is 10.6 Å². The maximum atomic E-state index is 12.7. The summed E-state index contributed by atoms with van der Waals surface area (Å²) in [7, 11) is 0. The normalized spacial score (nSPS) is 11.6. The smallest absolute Gasteiger partial charge is 0.376 e. The van der Waals surface area contributed by atoms with Crippen LogP contribution in [0.2, 0.25) is 0 Å². The van der Waals surface area contributed by atoms with E-state index < -0.39 is 11.7 Å². The molecule has 0 aromatic heterocycles. The lowest BCUT2D eigenvalue weighted by molar-refractivity contribution is -0.138. The summed E-state index contributed by atoms with van der Waals surface area (Å²) >= 11 is 0. The van der Waals surface area contributed by atoms with E-state index in [1.54, 1.807) is 0 Å². The first-order valence-electron chi connectivity index (χ1n) is 6.38. The van der Waals surface area contributed by atoms with Gasteiger partial charge < -0.3 is 10.6 Å².